The molecule has 1 aromatic carbocycles. The molecule has 192 valence electrons. The van der Waals surface area contributed by atoms with Gasteiger partial charge in [0.25, 0.3) is 0 Å². The fourth-order valence-corrected chi connectivity index (χ4v) is 2.91. The predicted molar refractivity (Wildman–Crippen MR) is 129 cm³/mol. The maximum Gasteiger partial charge on any atom is 0.336 e. The molecule has 1 aromatic rings. The number of esters is 2. The van der Waals surface area contributed by atoms with Gasteiger partial charge in [-0.2, -0.15) is 0 Å². The lowest BCUT2D eigenvalue weighted by atomic mass is 10.1. The van der Waals surface area contributed by atoms with E-state index in [2.05, 4.69) is 13.8 Å². The van der Waals surface area contributed by atoms with Gasteiger partial charge in [0.05, 0.1) is 24.3 Å². The number of aromatic carboxylic acids is 2. The zero-order valence-corrected chi connectivity index (χ0v) is 20.6. The Hall–Kier alpha value is -2.90. The van der Waals surface area contributed by atoms with E-state index in [1.807, 2.05) is 0 Å². The molecule has 0 spiro atoms. The predicted octanol–water partition coefficient (Wildman–Crippen LogP) is 5.88. The molecule has 0 saturated carbocycles. The van der Waals surface area contributed by atoms with Gasteiger partial charge in [-0.25, -0.2) is 9.59 Å². The lowest BCUT2D eigenvalue weighted by Gasteiger charge is -2.05. The lowest BCUT2D eigenvalue weighted by molar-refractivity contribution is -0.144. The van der Waals surface area contributed by atoms with Crippen molar-refractivity contribution in [3.05, 3.63) is 35.4 Å². The van der Waals surface area contributed by atoms with Crippen molar-refractivity contribution in [3.8, 4) is 0 Å². The van der Waals surface area contributed by atoms with Crippen molar-refractivity contribution >= 4 is 23.9 Å². The fourth-order valence-electron chi connectivity index (χ4n) is 2.91. The zero-order valence-electron chi connectivity index (χ0n) is 20.6. The van der Waals surface area contributed by atoms with E-state index in [0.717, 1.165) is 64.2 Å². The minimum Gasteiger partial charge on any atom is -0.478 e. The molecule has 8 nitrogen and oxygen atoms in total. The van der Waals surface area contributed by atoms with Crippen LogP contribution in [-0.2, 0) is 19.1 Å². The number of ether oxygens (including phenoxy) is 2. The van der Waals surface area contributed by atoms with Crippen LogP contribution in [0.15, 0.2) is 24.3 Å². The van der Waals surface area contributed by atoms with Gasteiger partial charge in [-0.05, 0) is 37.8 Å². The fraction of sp³-hybridized carbons (Fsp3) is 0.615. The first kappa shape index (κ1) is 31.1. The maximum atomic E-state index is 11.4. The average Bonchev–Trinajstić information content (AvgIpc) is 2.81. The van der Waals surface area contributed by atoms with Crippen LogP contribution < -0.4 is 0 Å². The highest BCUT2D eigenvalue weighted by atomic mass is 16.5. The summed E-state index contributed by atoms with van der Waals surface area (Å²) in [7, 11) is 0. The van der Waals surface area contributed by atoms with Crippen LogP contribution in [0.5, 0.6) is 0 Å². The second-order valence-electron chi connectivity index (χ2n) is 7.93. The van der Waals surface area contributed by atoms with Crippen molar-refractivity contribution in [3.63, 3.8) is 0 Å². The third-order valence-electron chi connectivity index (χ3n) is 4.92. The molecule has 0 radical (unpaired) electrons. The number of carbonyl (C=O) groups is 4. The molecule has 0 aliphatic carbocycles. The molecule has 0 aliphatic rings. The number of hydrogen-bond acceptors (Lipinski definition) is 6. The van der Waals surface area contributed by atoms with Crippen LogP contribution in [0.4, 0.5) is 0 Å². The first-order valence-electron chi connectivity index (χ1n) is 12.2. The largest absolute Gasteiger partial charge is 0.478 e. The average molecular weight is 481 g/mol. The summed E-state index contributed by atoms with van der Waals surface area (Å²) in [5.41, 5.74) is -0.380. The molecule has 0 bridgehead atoms. The Kier molecular flexibility index (Phi) is 18.9. The second-order valence-corrected chi connectivity index (χ2v) is 7.93. The Bertz CT molecular complexity index is 668. The Morgan fingerprint density at radius 1 is 0.618 bits per heavy atom. The molecule has 1 rings (SSSR count). The van der Waals surface area contributed by atoms with E-state index in [4.69, 9.17) is 19.7 Å². The van der Waals surface area contributed by atoms with Crippen LogP contribution >= 0.6 is 0 Å². The number of carbonyl (C=O) groups excluding carboxylic acids is 2. The summed E-state index contributed by atoms with van der Waals surface area (Å²) in [4.78, 5) is 43.7. The Labute approximate surface area is 202 Å². The van der Waals surface area contributed by atoms with Gasteiger partial charge in [0.1, 0.15) is 0 Å². The van der Waals surface area contributed by atoms with E-state index in [9.17, 15) is 19.2 Å². The van der Waals surface area contributed by atoms with E-state index in [1.165, 1.54) is 24.3 Å². The standard InChI is InChI=1S/C18H34O4.C8H6O4/c1-3-5-15-21-17(19)13-11-9-7-8-10-12-14-18(20)22-16-6-4-2;9-7(10)5-3-1-2-4-6(5)8(11)12/h3-16H2,1-2H3;1-4H,(H,9,10)(H,11,12). The van der Waals surface area contributed by atoms with Crippen molar-refractivity contribution in [1.82, 2.24) is 0 Å². The van der Waals surface area contributed by atoms with Gasteiger partial charge >= 0.3 is 23.9 Å². The molecule has 0 saturated heterocycles. The smallest absolute Gasteiger partial charge is 0.336 e. The van der Waals surface area contributed by atoms with Crippen molar-refractivity contribution in [2.45, 2.75) is 90.9 Å². The van der Waals surface area contributed by atoms with Gasteiger partial charge < -0.3 is 19.7 Å². The SMILES string of the molecule is CCCCOC(=O)CCCCCCCCC(=O)OCCCC.O=C(O)c1ccccc1C(=O)O. The number of rotatable bonds is 17. The van der Waals surface area contributed by atoms with E-state index in [1.54, 1.807) is 0 Å². The van der Waals surface area contributed by atoms with E-state index in [-0.39, 0.29) is 23.1 Å². The number of carboxylic acid groups (broad SMARTS) is 2. The molecule has 0 aromatic heterocycles. The van der Waals surface area contributed by atoms with Crippen molar-refractivity contribution in [1.29, 1.82) is 0 Å². The quantitative estimate of drug-likeness (QED) is 0.209. The molecule has 0 fully saturated rings. The van der Waals surface area contributed by atoms with E-state index < -0.39 is 11.9 Å². The highest BCUT2D eigenvalue weighted by Crippen LogP contribution is 2.10. The third-order valence-corrected chi connectivity index (χ3v) is 4.92. The van der Waals surface area contributed by atoms with Gasteiger partial charge in [0.2, 0.25) is 0 Å². The van der Waals surface area contributed by atoms with Crippen molar-refractivity contribution in [2.75, 3.05) is 13.2 Å². The molecule has 8 heteroatoms. The Morgan fingerprint density at radius 2 is 0.971 bits per heavy atom. The monoisotopic (exact) mass is 480 g/mol. The molecule has 2 N–H and O–H groups in total. The van der Waals surface area contributed by atoms with Gasteiger partial charge in [-0.15, -0.1) is 0 Å². The highest BCUT2D eigenvalue weighted by Gasteiger charge is 2.13. The maximum absolute atomic E-state index is 11.4. The summed E-state index contributed by atoms with van der Waals surface area (Å²) in [6, 6.07) is 5.48. The highest BCUT2D eigenvalue weighted by molar-refractivity contribution is 6.01. The molecule has 0 atom stereocenters. The molecule has 34 heavy (non-hydrogen) atoms. The van der Waals surface area contributed by atoms with Crippen LogP contribution in [0.25, 0.3) is 0 Å². The summed E-state index contributed by atoms with van der Waals surface area (Å²) in [5.74, 6) is -2.59. The van der Waals surface area contributed by atoms with Crippen LogP contribution in [0.1, 0.15) is 112 Å². The van der Waals surface area contributed by atoms with Crippen LogP contribution in [0, 0.1) is 0 Å². The number of unbranched alkanes of at least 4 members (excludes halogenated alkanes) is 7. The molecule has 0 unspecified atom stereocenters. The van der Waals surface area contributed by atoms with Crippen LogP contribution in [0.2, 0.25) is 0 Å². The summed E-state index contributed by atoms with van der Waals surface area (Å²) in [6.07, 6.45) is 11.3. The first-order valence-corrected chi connectivity index (χ1v) is 12.2. The molecular formula is C26H40O8. The van der Waals surface area contributed by atoms with Crippen molar-refractivity contribution in [2.24, 2.45) is 0 Å². The van der Waals surface area contributed by atoms with Gasteiger partial charge in [-0.1, -0.05) is 64.5 Å². The number of carboxylic acids is 2. The van der Waals surface area contributed by atoms with E-state index in [0.29, 0.717) is 26.1 Å². The normalized spacial score (nSPS) is 10.1. The minimum atomic E-state index is -1.23. The van der Waals surface area contributed by atoms with Crippen LogP contribution in [-0.4, -0.2) is 47.3 Å². The molecule has 0 aliphatic heterocycles. The summed E-state index contributed by atoms with van der Waals surface area (Å²) in [6.45, 7) is 5.28. The van der Waals surface area contributed by atoms with Gasteiger partial charge in [0, 0.05) is 12.8 Å². The third kappa shape index (κ3) is 16.7. The molecule has 0 heterocycles. The van der Waals surface area contributed by atoms with Gasteiger partial charge in [0.15, 0.2) is 0 Å². The molecule has 0 amide bonds. The zero-order chi connectivity index (χ0) is 25.6. The van der Waals surface area contributed by atoms with Gasteiger partial charge in [-0.3, -0.25) is 9.59 Å². The summed E-state index contributed by atoms with van der Waals surface area (Å²) >= 11 is 0. The minimum absolute atomic E-state index is 0.0664. The summed E-state index contributed by atoms with van der Waals surface area (Å²) in [5, 5.41) is 17.1. The van der Waals surface area contributed by atoms with E-state index >= 15 is 0 Å². The first-order chi connectivity index (χ1) is 16.3. The molecular weight excluding hydrogens is 440 g/mol. The van der Waals surface area contributed by atoms with Crippen LogP contribution in [0.3, 0.4) is 0 Å². The number of benzene rings is 1. The Morgan fingerprint density at radius 3 is 1.29 bits per heavy atom. The summed E-state index contributed by atoms with van der Waals surface area (Å²) < 4.78 is 10.2. The van der Waals surface area contributed by atoms with Crippen molar-refractivity contribution < 1.29 is 38.9 Å². The Balaban J connectivity index is 0.000000757. The topological polar surface area (TPSA) is 127 Å². The second kappa shape index (κ2) is 20.7. The lowest BCUT2D eigenvalue weighted by Crippen LogP contribution is -2.06. The number of hydrogen-bond donors (Lipinski definition) is 2.